The standard InChI is InChI=1S/C11H12N3OS/c12-7-1-2-9-10(5-7)16-11(14-9)13-8-3-4-15-6-8/h1,5,8H,3-4,6,12H2,(H,13,14). The third kappa shape index (κ3) is 1.83. The van der Waals surface area contributed by atoms with Crippen LogP contribution in [0.2, 0.25) is 0 Å². The lowest BCUT2D eigenvalue weighted by Gasteiger charge is -2.07. The maximum atomic E-state index is 5.70. The summed E-state index contributed by atoms with van der Waals surface area (Å²) < 4.78 is 6.38. The Morgan fingerprint density at radius 2 is 2.56 bits per heavy atom. The molecule has 0 amide bonds. The smallest absolute Gasteiger partial charge is 0.184 e. The number of nitrogen functional groups attached to an aromatic ring is 1. The molecule has 1 saturated heterocycles. The first-order valence-corrected chi connectivity index (χ1v) is 6.05. The molecule has 1 aromatic heterocycles. The average Bonchev–Trinajstić information content (AvgIpc) is 2.86. The van der Waals surface area contributed by atoms with Crippen molar-refractivity contribution in [1.82, 2.24) is 4.98 Å². The average molecular weight is 234 g/mol. The van der Waals surface area contributed by atoms with E-state index < -0.39 is 0 Å². The van der Waals surface area contributed by atoms with Crippen molar-refractivity contribution in [3.8, 4) is 0 Å². The Labute approximate surface area is 97.4 Å². The second kappa shape index (κ2) is 3.92. The molecular formula is C11H12N3OS. The summed E-state index contributed by atoms with van der Waals surface area (Å²) >= 11 is 1.61. The summed E-state index contributed by atoms with van der Waals surface area (Å²) in [6.07, 6.45) is 1.04. The van der Waals surface area contributed by atoms with Gasteiger partial charge in [-0.1, -0.05) is 11.3 Å². The second-order valence-electron chi connectivity index (χ2n) is 3.87. The first-order chi connectivity index (χ1) is 7.81. The van der Waals surface area contributed by atoms with Gasteiger partial charge in [0.2, 0.25) is 0 Å². The van der Waals surface area contributed by atoms with Crippen LogP contribution in [0.5, 0.6) is 0 Å². The summed E-state index contributed by atoms with van der Waals surface area (Å²) in [6.45, 7) is 1.60. The minimum absolute atomic E-state index is 0.387. The van der Waals surface area contributed by atoms with E-state index in [2.05, 4.69) is 16.4 Å². The Balaban J connectivity index is 1.86. The zero-order valence-electron chi connectivity index (χ0n) is 8.69. The first kappa shape index (κ1) is 9.86. The van der Waals surface area contributed by atoms with Gasteiger partial charge < -0.3 is 15.8 Å². The number of nitrogens with zero attached hydrogens (tertiary/aromatic N) is 1. The van der Waals surface area contributed by atoms with Gasteiger partial charge in [-0.25, -0.2) is 4.98 Å². The van der Waals surface area contributed by atoms with Gasteiger partial charge in [-0.05, 0) is 18.6 Å². The number of hydrogen-bond donors (Lipinski definition) is 2. The van der Waals surface area contributed by atoms with Gasteiger partial charge in [-0.15, -0.1) is 0 Å². The summed E-state index contributed by atoms with van der Waals surface area (Å²) in [4.78, 5) is 4.46. The van der Waals surface area contributed by atoms with E-state index in [1.165, 1.54) is 0 Å². The van der Waals surface area contributed by atoms with Crippen molar-refractivity contribution in [3.63, 3.8) is 0 Å². The SMILES string of the molecule is Nc1c[c]c2nc(NC3CCOC3)sc2c1. The van der Waals surface area contributed by atoms with Crippen LogP contribution in [0.4, 0.5) is 10.8 Å². The predicted octanol–water partition coefficient (Wildman–Crippen LogP) is 1.88. The number of thiazole rings is 1. The van der Waals surface area contributed by atoms with E-state index in [0.717, 1.165) is 40.7 Å². The van der Waals surface area contributed by atoms with Crippen LogP contribution in [-0.2, 0) is 4.74 Å². The monoisotopic (exact) mass is 234 g/mol. The minimum Gasteiger partial charge on any atom is -0.399 e. The van der Waals surface area contributed by atoms with E-state index >= 15 is 0 Å². The van der Waals surface area contributed by atoms with Crippen molar-refractivity contribution in [1.29, 1.82) is 0 Å². The molecule has 2 heterocycles. The number of nitrogens with one attached hydrogen (secondary N) is 1. The topological polar surface area (TPSA) is 60.2 Å². The van der Waals surface area contributed by atoms with Crippen LogP contribution in [0.1, 0.15) is 6.42 Å². The normalized spacial score (nSPS) is 20.4. The summed E-state index contributed by atoms with van der Waals surface area (Å²) in [6, 6.07) is 7.14. The molecule has 0 bridgehead atoms. The molecule has 1 unspecified atom stereocenters. The Morgan fingerprint density at radius 3 is 3.38 bits per heavy atom. The highest BCUT2D eigenvalue weighted by molar-refractivity contribution is 7.22. The molecule has 83 valence electrons. The molecule has 0 aliphatic carbocycles. The molecule has 0 spiro atoms. The summed E-state index contributed by atoms with van der Waals surface area (Å²) in [7, 11) is 0. The fraction of sp³-hybridized carbons (Fsp3) is 0.364. The van der Waals surface area contributed by atoms with Gasteiger partial charge in [0.05, 0.1) is 22.9 Å². The molecule has 3 N–H and O–H groups in total. The van der Waals surface area contributed by atoms with Crippen molar-refractivity contribution < 1.29 is 4.74 Å². The zero-order valence-corrected chi connectivity index (χ0v) is 9.51. The molecule has 1 aliphatic rings. The quantitative estimate of drug-likeness (QED) is 0.779. The van der Waals surface area contributed by atoms with Crippen molar-refractivity contribution in [2.24, 2.45) is 0 Å². The number of rotatable bonds is 2. The fourth-order valence-corrected chi connectivity index (χ4v) is 2.73. The molecule has 1 fully saturated rings. The highest BCUT2D eigenvalue weighted by Crippen LogP contribution is 2.28. The van der Waals surface area contributed by atoms with Crippen molar-refractivity contribution in [2.75, 3.05) is 24.3 Å². The van der Waals surface area contributed by atoms with Gasteiger partial charge in [0.1, 0.15) is 0 Å². The number of anilines is 2. The molecule has 3 rings (SSSR count). The third-order valence-electron chi connectivity index (χ3n) is 2.58. The molecule has 0 saturated carbocycles. The van der Waals surface area contributed by atoms with Crippen molar-refractivity contribution in [3.05, 3.63) is 18.2 Å². The lowest BCUT2D eigenvalue weighted by molar-refractivity contribution is 0.195. The predicted molar refractivity (Wildman–Crippen MR) is 65.7 cm³/mol. The number of hydrogen-bond acceptors (Lipinski definition) is 5. The van der Waals surface area contributed by atoms with Gasteiger partial charge in [0.25, 0.3) is 0 Å². The van der Waals surface area contributed by atoms with Gasteiger partial charge in [0, 0.05) is 18.4 Å². The molecule has 1 aliphatic heterocycles. The molecule has 16 heavy (non-hydrogen) atoms. The number of nitrogens with two attached hydrogens (primary N) is 1. The van der Waals surface area contributed by atoms with Crippen LogP contribution >= 0.6 is 11.3 Å². The van der Waals surface area contributed by atoms with E-state index in [1.807, 2.05) is 6.07 Å². The Morgan fingerprint density at radius 1 is 1.62 bits per heavy atom. The number of fused-ring (bicyclic) bond motifs is 1. The number of ether oxygens (including phenoxy) is 1. The maximum absolute atomic E-state index is 5.70. The first-order valence-electron chi connectivity index (χ1n) is 5.23. The zero-order chi connectivity index (χ0) is 11.0. The largest absolute Gasteiger partial charge is 0.399 e. The Kier molecular flexibility index (Phi) is 2.41. The van der Waals surface area contributed by atoms with E-state index in [9.17, 15) is 0 Å². The molecule has 5 heteroatoms. The van der Waals surface area contributed by atoms with Crippen LogP contribution in [0.25, 0.3) is 10.2 Å². The van der Waals surface area contributed by atoms with Gasteiger partial charge in [-0.3, -0.25) is 0 Å². The summed E-state index contributed by atoms with van der Waals surface area (Å²) in [5.74, 6) is 0. The minimum atomic E-state index is 0.387. The van der Waals surface area contributed by atoms with Gasteiger partial charge >= 0.3 is 0 Å². The van der Waals surface area contributed by atoms with Gasteiger partial charge in [0.15, 0.2) is 5.13 Å². The lowest BCUT2D eigenvalue weighted by atomic mass is 10.3. The summed E-state index contributed by atoms with van der Waals surface area (Å²) in [5, 5.41) is 4.29. The van der Waals surface area contributed by atoms with E-state index in [-0.39, 0.29) is 0 Å². The van der Waals surface area contributed by atoms with E-state index in [1.54, 1.807) is 17.4 Å². The molecule has 1 radical (unpaired) electrons. The molecule has 4 nitrogen and oxygen atoms in total. The number of aromatic nitrogens is 1. The highest BCUT2D eigenvalue weighted by atomic mass is 32.1. The van der Waals surface area contributed by atoms with E-state index in [0.29, 0.717) is 6.04 Å². The second-order valence-corrected chi connectivity index (χ2v) is 4.90. The molecule has 1 aromatic carbocycles. The van der Waals surface area contributed by atoms with Crippen LogP contribution in [-0.4, -0.2) is 24.2 Å². The highest BCUT2D eigenvalue weighted by Gasteiger charge is 2.16. The van der Waals surface area contributed by atoms with Crippen molar-refractivity contribution >= 4 is 32.4 Å². The van der Waals surface area contributed by atoms with Gasteiger partial charge in [-0.2, -0.15) is 0 Å². The van der Waals surface area contributed by atoms with Crippen LogP contribution in [0.15, 0.2) is 12.1 Å². The third-order valence-corrected chi connectivity index (χ3v) is 3.52. The maximum Gasteiger partial charge on any atom is 0.184 e. The van der Waals surface area contributed by atoms with Crippen LogP contribution in [0, 0.1) is 6.07 Å². The van der Waals surface area contributed by atoms with Crippen molar-refractivity contribution in [2.45, 2.75) is 12.5 Å². The fourth-order valence-electron chi connectivity index (χ4n) is 1.76. The van der Waals surface area contributed by atoms with E-state index in [4.69, 9.17) is 10.5 Å². The van der Waals surface area contributed by atoms with Crippen LogP contribution < -0.4 is 11.1 Å². The molecule has 2 aromatic rings. The lowest BCUT2D eigenvalue weighted by Crippen LogP contribution is -2.18. The molecule has 1 atom stereocenters. The Hall–Kier alpha value is -1.33. The number of benzene rings is 1. The van der Waals surface area contributed by atoms with Crippen LogP contribution in [0.3, 0.4) is 0 Å². The summed E-state index contributed by atoms with van der Waals surface area (Å²) in [5.41, 5.74) is 7.31. The molecular weight excluding hydrogens is 222 g/mol. The Bertz CT molecular complexity index is 505.